The van der Waals surface area contributed by atoms with Crippen molar-refractivity contribution in [2.75, 3.05) is 5.32 Å². The van der Waals surface area contributed by atoms with Crippen LogP contribution < -0.4 is 5.32 Å². The second kappa shape index (κ2) is 6.99. The van der Waals surface area contributed by atoms with Gasteiger partial charge in [-0.1, -0.05) is 28.1 Å². The molecule has 1 N–H and O–H groups in total. The van der Waals surface area contributed by atoms with Gasteiger partial charge in [-0.05, 0) is 58.5 Å². The Morgan fingerprint density at radius 3 is 2.36 bits per heavy atom. The molecular weight excluding hydrogens is 474 g/mol. The summed E-state index contributed by atoms with van der Waals surface area (Å²) in [5.74, 6) is -0.282. The topological polar surface area (TPSA) is 29.1 Å². The molecule has 2 aromatic rings. The Bertz CT molecular complexity index is 686. The van der Waals surface area contributed by atoms with E-state index in [0.717, 1.165) is 20.2 Å². The number of nitrogens with one attached hydrogen (secondary N) is 1. The summed E-state index contributed by atoms with van der Waals surface area (Å²) in [5, 5.41) is 2.75. The van der Waals surface area contributed by atoms with E-state index in [0.29, 0.717) is 11.3 Å². The molecule has 7 heteroatoms. The summed E-state index contributed by atoms with van der Waals surface area (Å²) in [6.45, 7) is 0. The largest absolute Gasteiger partial charge is 0.416 e. The van der Waals surface area contributed by atoms with Crippen LogP contribution in [0.2, 0.25) is 0 Å². The Balaban J connectivity index is 2.04. The molecule has 0 radical (unpaired) electrons. The Morgan fingerprint density at radius 2 is 1.77 bits per heavy atom. The molecule has 0 aliphatic rings. The number of rotatable bonds is 3. The number of anilines is 1. The summed E-state index contributed by atoms with van der Waals surface area (Å²) in [4.78, 5) is 12.0. The van der Waals surface area contributed by atoms with E-state index in [-0.39, 0.29) is 12.3 Å². The molecule has 0 spiro atoms. The highest BCUT2D eigenvalue weighted by molar-refractivity contribution is 14.1. The maximum absolute atomic E-state index is 12.5. The van der Waals surface area contributed by atoms with Gasteiger partial charge >= 0.3 is 6.18 Å². The summed E-state index contributed by atoms with van der Waals surface area (Å²) < 4.78 is 39.1. The maximum Gasteiger partial charge on any atom is 0.416 e. The van der Waals surface area contributed by atoms with Crippen LogP contribution in [0.25, 0.3) is 0 Å². The number of benzene rings is 2. The van der Waals surface area contributed by atoms with Crippen LogP contribution >= 0.6 is 38.5 Å². The van der Waals surface area contributed by atoms with Crippen molar-refractivity contribution in [3.8, 4) is 0 Å². The lowest BCUT2D eigenvalue weighted by atomic mass is 10.1. The van der Waals surface area contributed by atoms with Crippen LogP contribution in [0, 0.1) is 3.57 Å². The first-order valence-corrected chi connectivity index (χ1v) is 8.04. The molecule has 0 bridgehead atoms. The van der Waals surface area contributed by atoms with Crippen LogP contribution in [0.4, 0.5) is 18.9 Å². The van der Waals surface area contributed by atoms with E-state index in [1.165, 1.54) is 12.1 Å². The summed E-state index contributed by atoms with van der Waals surface area (Å²) in [5.41, 5.74) is 0.459. The van der Waals surface area contributed by atoms with Gasteiger partial charge in [0.2, 0.25) is 5.91 Å². The number of carbonyl (C=O) groups excluding carboxylic acids is 1. The molecular formula is C15H10BrF3INO. The highest BCUT2D eigenvalue weighted by Crippen LogP contribution is 2.29. The van der Waals surface area contributed by atoms with Crippen molar-refractivity contribution in [2.24, 2.45) is 0 Å². The lowest BCUT2D eigenvalue weighted by molar-refractivity contribution is -0.137. The van der Waals surface area contributed by atoms with Crippen LogP contribution in [-0.2, 0) is 17.4 Å². The number of alkyl halides is 3. The van der Waals surface area contributed by atoms with Crippen molar-refractivity contribution in [2.45, 2.75) is 12.6 Å². The van der Waals surface area contributed by atoms with Crippen LogP contribution in [0.5, 0.6) is 0 Å². The Labute approximate surface area is 147 Å². The quantitative estimate of drug-likeness (QED) is 0.593. The monoisotopic (exact) mass is 483 g/mol. The highest BCUT2D eigenvalue weighted by Gasteiger charge is 2.29. The molecule has 0 saturated heterocycles. The predicted molar refractivity (Wildman–Crippen MR) is 90.6 cm³/mol. The van der Waals surface area contributed by atoms with Crippen LogP contribution in [0.3, 0.4) is 0 Å². The van der Waals surface area contributed by atoms with Gasteiger partial charge in [-0.15, -0.1) is 0 Å². The van der Waals surface area contributed by atoms with Crippen molar-refractivity contribution in [3.63, 3.8) is 0 Å². The van der Waals surface area contributed by atoms with E-state index in [1.807, 2.05) is 12.1 Å². The maximum atomic E-state index is 12.5. The molecule has 1 amide bonds. The van der Waals surface area contributed by atoms with Gasteiger partial charge in [0.25, 0.3) is 0 Å². The van der Waals surface area contributed by atoms with Crippen LogP contribution in [0.15, 0.2) is 46.9 Å². The van der Waals surface area contributed by atoms with E-state index in [4.69, 9.17) is 0 Å². The van der Waals surface area contributed by atoms with Gasteiger partial charge < -0.3 is 5.32 Å². The first-order valence-electron chi connectivity index (χ1n) is 6.17. The van der Waals surface area contributed by atoms with Gasteiger partial charge in [0, 0.05) is 8.04 Å². The third-order valence-electron chi connectivity index (χ3n) is 2.85. The fourth-order valence-corrected chi connectivity index (χ4v) is 2.62. The van der Waals surface area contributed by atoms with Crippen molar-refractivity contribution < 1.29 is 18.0 Å². The molecule has 2 rings (SSSR count). The molecule has 0 aliphatic carbocycles. The minimum absolute atomic E-state index is 0.0146. The Kier molecular flexibility index (Phi) is 5.49. The van der Waals surface area contributed by atoms with Gasteiger partial charge in [0.15, 0.2) is 0 Å². The summed E-state index contributed by atoms with van der Waals surface area (Å²) in [6, 6.07) is 10.1. The normalized spacial score (nSPS) is 11.3. The third-order valence-corrected chi connectivity index (χ3v) is 4.28. The molecule has 0 saturated carbocycles. The summed E-state index contributed by atoms with van der Waals surface area (Å²) >= 11 is 5.41. The fourth-order valence-electron chi connectivity index (χ4n) is 1.78. The first kappa shape index (κ1) is 17.3. The van der Waals surface area contributed by atoms with E-state index in [9.17, 15) is 18.0 Å². The molecule has 116 valence electrons. The standard InChI is InChI=1S/C15H10BrF3INO/c16-11-5-6-12(20)13(8-11)21-14(22)7-9-1-3-10(4-2-9)15(17,18)19/h1-6,8H,7H2,(H,21,22). The zero-order chi connectivity index (χ0) is 16.3. The van der Waals surface area contributed by atoms with Crippen molar-refractivity contribution in [1.82, 2.24) is 0 Å². The summed E-state index contributed by atoms with van der Waals surface area (Å²) in [6.07, 6.45) is -4.35. The minimum Gasteiger partial charge on any atom is -0.325 e. The second-order valence-electron chi connectivity index (χ2n) is 4.54. The average molecular weight is 484 g/mol. The second-order valence-corrected chi connectivity index (χ2v) is 6.62. The molecule has 0 fully saturated rings. The van der Waals surface area contributed by atoms with E-state index in [1.54, 1.807) is 6.07 Å². The molecule has 0 atom stereocenters. The predicted octanol–water partition coefficient (Wildman–Crippen LogP) is 5.25. The fraction of sp³-hybridized carbons (Fsp3) is 0.133. The Hall–Kier alpha value is -1.09. The third kappa shape index (κ3) is 4.70. The molecule has 0 aliphatic heterocycles. The lowest BCUT2D eigenvalue weighted by Gasteiger charge is -2.09. The van der Waals surface area contributed by atoms with Crippen molar-refractivity contribution in [3.05, 3.63) is 61.6 Å². The highest BCUT2D eigenvalue weighted by atomic mass is 127. The van der Waals surface area contributed by atoms with Gasteiger partial charge in [0.05, 0.1) is 17.7 Å². The first-order chi connectivity index (χ1) is 10.3. The SMILES string of the molecule is O=C(Cc1ccc(C(F)(F)F)cc1)Nc1cc(Br)ccc1I. The van der Waals surface area contributed by atoms with Crippen LogP contribution in [-0.4, -0.2) is 5.91 Å². The van der Waals surface area contributed by atoms with Gasteiger partial charge in [-0.2, -0.15) is 13.2 Å². The van der Waals surface area contributed by atoms with Crippen LogP contribution in [0.1, 0.15) is 11.1 Å². The number of hydrogen-bond donors (Lipinski definition) is 1. The molecule has 2 nitrogen and oxygen atoms in total. The molecule has 0 aromatic heterocycles. The number of halogens is 5. The van der Waals surface area contributed by atoms with Gasteiger partial charge in [-0.3, -0.25) is 4.79 Å². The smallest absolute Gasteiger partial charge is 0.325 e. The van der Waals surface area contributed by atoms with E-state index in [2.05, 4.69) is 43.8 Å². The zero-order valence-electron chi connectivity index (χ0n) is 11.0. The molecule has 0 unspecified atom stereocenters. The zero-order valence-corrected chi connectivity index (χ0v) is 14.8. The van der Waals surface area contributed by atoms with E-state index >= 15 is 0 Å². The van der Waals surface area contributed by atoms with Crippen molar-refractivity contribution >= 4 is 50.1 Å². The molecule has 2 aromatic carbocycles. The lowest BCUT2D eigenvalue weighted by Crippen LogP contribution is -2.15. The van der Waals surface area contributed by atoms with Gasteiger partial charge in [-0.25, -0.2) is 0 Å². The average Bonchev–Trinajstić information content (AvgIpc) is 2.42. The number of carbonyl (C=O) groups is 1. The van der Waals surface area contributed by atoms with Crippen molar-refractivity contribution in [1.29, 1.82) is 0 Å². The van der Waals surface area contributed by atoms with E-state index < -0.39 is 11.7 Å². The number of hydrogen-bond acceptors (Lipinski definition) is 1. The van der Waals surface area contributed by atoms with Gasteiger partial charge in [0.1, 0.15) is 0 Å². The molecule has 22 heavy (non-hydrogen) atoms. The minimum atomic E-state index is -4.37. The molecule has 0 heterocycles. The Morgan fingerprint density at radius 1 is 1.14 bits per heavy atom. The number of amides is 1. The summed E-state index contributed by atoms with van der Waals surface area (Å²) in [7, 11) is 0.